The van der Waals surface area contributed by atoms with Crippen molar-refractivity contribution in [3.63, 3.8) is 0 Å². The van der Waals surface area contributed by atoms with Crippen molar-refractivity contribution in [3.05, 3.63) is 0 Å². The van der Waals surface area contributed by atoms with Crippen LogP contribution in [0.3, 0.4) is 0 Å². The summed E-state index contributed by atoms with van der Waals surface area (Å²) in [5.41, 5.74) is 0. The predicted molar refractivity (Wildman–Crippen MR) is 63.5 cm³/mol. The third kappa shape index (κ3) is 2.68. The van der Waals surface area contributed by atoms with Gasteiger partial charge in [-0.2, -0.15) is 0 Å². The average Bonchev–Trinajstić information content (AvgIpc) is 2.65. The highest BCUT2D eigenvalue weighted by molar-refractivity contribution is 8.13. The minimum absolute atomic E-state index is 0.0440. The van der Waals surface area contributed by atoms with Crippen molar-refractivity contribution in [2.24, 2.45) is 0 Å². The largest absolute Gasteiger partial charge is 0.339 e. The third-order valence-corrected chi connectivity index (χ3v) is 3.92. The van der Waals surface area contributed by atoms with E-state index in [1.165, 1.54) is 11.8 Å². The van der Waals surface area contributed by atoms with E-state index in [2.05, 4.69) is 11.9 Å². The number of carbonyl (C=O) groups is 2. The van der Waals surface area contributed by atoms with Gasteiger partial charge in [0.25, 0.3) is 5.24 Å². The van der Waals surface area contributed by atoms with Gasteiger partial charge in [-0.1, -0.05) is 11.8 Å². The SMILES string of the molecule is CN1CCN(C(=O)CN2CCSC2=O)CC1. The molecule has 2 amide bonds. The molecule has 0 spiro atoms. The molecule has 0 aromatic heterocycles. The molecule has 16 heavy (non-hydrogen) atoms. The van der Waals surface area contributed by atoms with E-state index < -0.39 is 0 Å². The molecule has 0 bridgehead atoms. The lowest BCUT2D eigenvalue weighted by atomic mass is 10.3. The van der Waals surface area contributed by atoms with Crippen LogP contribution in [0.4, 0.5) is 4.79 Å². The Balaban J connectivity index is 1.81. The lowest BCUT2D eigenvalue weighted by Crippen LogP contribution is -2.50. The fourth-order valence-corrected chi connectivity index (χ4v) is 2.71. The quantitative estimate of drug-likeness (QED) is 0.681. The summed E-state index contributed by atoms with van der Waals surface area (Å²) in [4.78, 5) is 29.0. The fraction of sp³-hybridized carbons (Fsp3) is 0.800. The van der Waals surface area contributed by atoms with Crippen LogP contribution in [0.15, 0.2) is 0 Å². The zero-order valence-corrected chi connectivity index (χ0v) is 10.3. The molecule has 5 nitrogen and oxygen atoms in total. The summed E-state index contributed by atoms with van der Waals surface area (Å²) >= 11 is 1.30. The van der Waals surface area contributed by atoms with Crippen LogP contribution in [0.1, 0.15) is 0 Å². The smallest absolute Gasteiger partial charge is 0.282 e. The number of likely N-dealkylation sites (N-methyl/N-ethyl adjacent to an activating group) is 1. The van der Waals surface area contributed by atoms with E-state index >= 15 is 0 Å². The first-order valence-electron chi connectivity index (χ1n) is 5.55. The zero-order valence-electron chi connectivity index (χ0n) is 9.52. The van der Waals surface area contributed by atoms with Gasteiger partial charge in [-0.3, -0.25) is 9.59 Å². The van der Waals surface area contributed by atoms with Gasteiger partial charge >= 0.3 is 0 Å². The van der Waals surface area contributed by atoms with Crippen LogP contribution in [0.5, 0.6) is 0 Å². The number of carbonyl (C=O) groups excluding carboxylic acids is 2. The Kier molecular flexibility index (Phi) is 3.70. The van der Waals surface area contributed by atoms with Gasteiger partial charge in [0.1, 0.15) is 6.54 Å². The Labute approximate surface area is 99.7 Å². The van der Waals surface area contributed by atoms with Crippen LogP contribution in [-0.2, 0) is 4.79 Å². The van der Waals surface area contributed by atoms with Crippen molar-refractivity contribution in [1.82, 2.24) is 14.7 Å². The van der Waals surface area contributed by atoms with Gasteiger partial charge in [0.15, 0.2) is 0 Å². The summed E-state index contributed by atoms with van der Waals surface area (Å²) in [6.45, 7) is 4.39. The number of nitrogens with zero attached hydrogens (tertiary/aromatic N) is 3. The first-order valence-corrected chi connectivity index (χ1v) is 6.53. The van der Waals surface area contributed by atoms with Crippen LogP contribution in [-0.4, -0.2) is 77.9 Å². The van der Waals surface area contributed by atoms with Gasteiger partial charge in [-0.05, 0) is 7.05 Å². The van der Waals surface area contributed by atoms with Gasteiger partial charge in [0.05, 0.1) is 0 Å². The van der Waals surface area contributed by atoms with Crippen molar-refractivity contribution >= 4 is 22.9 Å². The molecule has 2 aliphatic rings. The summed E-state index contributed by atoms with van der Waals surface area (Å²) in [5.74, 6) is 0.901. The molecule has 2 saturated heterocycles. The summed E-state index contributed by atoms with van der Waals surface area (Å²) < 4.78 is 0. The summed E-state index contributed by atoms with van der Waals surface area (Å²) in [7, 11) is 2.06. The van der Waals surface area contributed by atoms with Crippen LogP contribution < -0.4 is 0 Å². The van der Waals surface area contributed by atoms with Crippen molar-refractivity contribution in [3.8, 4) is 0 Å². The summed E-state index contributed by atoms with van der Waals surface area (Å²) in [5, 5.41) is 0.0440. The standard InChI is InChI=1S/C10H17N3O2S/c1-11-2-4-12(5-3-11)9(14)8-13-6-7-16-10(13)15/h2-8H2,1H3. The highest BCUT2D eigenvalue weighted by atomic mass is 32.2. The number of hydrogen-bond acceptors (Lipinski definition) is 4. The number of hydrogen-bond donors (Lipinski definition) is 0. The monoisotopic (exact) mass is 243 g/mol. The average molecular weight is 243 g/mol. The molecule has 0 unspecified atom stereocenters. The second-order valence-corrected chi connectivity index (χ2v) is 5.27. The maximum Gasteiger partial charge on any atom is 0.282 e. The number of thioether (sulfide) groups is 1. The topological polar surface area (TPSA) is 43.9 Å². The molecule has 2 heterocycles. The van der Waals surface area contributed by atoms with Crippen LogP contribution in [0, 0.1) is 0 Å². The Hall–Kier alpha value is -0.750. The van der Waals surface area contributed by atoms with E-state index in [9.17, 15) is 9.59 Å². The molecule has 0 atom stereocenters. The Morgan fingerprint density at radius 1 is 1.25 bits per heavy atom. The number of piperazine rings is 1. The predicted octanol–water partition coefficient (Wildman–Crippen LogP) is -0.0708. The summed E-state index contributed by atoms with van der Waals surface area (Å²) in [6, 6.07) is 0. The molecular weight excluding hydrogens is 226 g/mol. The molecule has 0 radical (unpaired) electrons. The van der Waals surface area contributed by atoms with Gasteiger partial charge in [-0.25, -0.2) is 0 Å². The van der Waals surface area contributed by atoms with Crippen molar-refractivity contribution in [2.75, 3.05) is 52.1 Å². The first kappa shape index (κ1) is 11.7. The Morgan fingerprint density at radius 3 is 2.50 bits per heavy atom. The normalized spacial score (nSPS) is 22.9. The molecule has 2 aliphatic heterocycles. The molecule has 2 fully saturated rings. The first-order chi connectivity index (χ1) is 7.66. The minimum atomic E-state index is 0.0440. The van der Waals surface area contributed by atoms with Crippen molar-refractivity contribution in [1.29, 1.82) is 0 Å². The molecule has 0 saturated carbocycles. The van der Waals surface area contributed by atoms with Crippen molar-refractivity contribution < 1.29 is 9.59 Å². The molecule has 0 aromatic rings. The van der Waals surface area contributed by atoms with Crippen LogP contribution in [0.25, 0.3) is 0 Å². The van der Waals surface area contributed by atoms with Gasteiger partial charge in [-0.15, -0.1) is 0 Å². The van der Waals surface area contributed by atoms with Gasteiger partial charge in [0.2, 0.25) is 5.91 Å². The van der Waals surface area contributed by atoms with E-state index in [0.717, 1.165) is 31.9 Å². The maximum absolute atomic E-state index is 11.9. The van der Waals surface area contributed by atoms with Crippen LogP contribution >= 0.6 is 11.8 Å². The maximum atomic E-state index is 11.9. The highest BCUT2D eigenvalue weighted by Gasteiger charge is 2.26. The van der Waals surface area contributed by atoms with Crippen LogP contribution in [0.2, 0.25) is 0 Å². The molecule has 6 heteroatoms. The molecule has 2 rings (SSSR count). The molecule has 0 N–H and O–H groups in total. The minimum Gasteiger partial charge on any atom is -0.339 e. The highest BCUT2D eigenvalue weighted by Crippen LogP contribution is 2.17. The zero-order chi connectivity index (χ0) is 11.5. The number of amides is 2. The Bertz CT molecular complexity index is 290. The van der Waals surface area contributed by atoms with E-state index in [0.29, 0.717) is 6.54 Å². The van der Waals surface area contributed by atoms with E-state index in [4.69, 9.17) is 0 Å². The molecule has 0 aliphatic carbocycles. The van der Waals surface area contributed by atoms with E-state index in [1.807, 2.05) is 4.90 Å². The lowest BCUT2D eigenvalue weighted by Gasteiger charge is -2.33. The van der Waals surface area contributed by atoms with E-state index in [-0.39, 0.29) is 17.7 Å². The van der Waals surface area contributed by atoms with E-state index in [1.54, 1.807) is 4.90 Å². The fourth-order valence-electron chi connectivity index (χ4n) is 1.89. The second kappa shape index (κ2) is 5.05. The third-order valence-electron chi connectivity index (χ3n) is 3.03. The van der Waals surface area contributed by atoms with Crippen molar-refractivity contribution in [2.45, 2.75) is 0 Å². The Morgan fingerprint density at radius 2 is 1.94 bits per heavy atom. The van der Waals surface area contributed by atoms with Gasteiger partial charge < -0.3 is 14.7 Å². The van der Waals surface area contributed by atoms with Gasteiger partial charge in [0, 0.05) is 38.5 Å². The lowest BCUT2D eigenvalue weighted by molar-refractivity contribution is -0.133. The second-order valence-electron chi connectivity index (χ2n) is 4.22. The summed E-state index contributed by atoms with van der Waals surface area (Å²) in [6.07, 6.45) is 0. The molecule has 0 aromatic carbocycles. The number of rotatable bonds is 2. The molecule has 90 valence electrons. The molecular formula is C10H17N3O2S.